The van der Waals surface area contributed by atoms with Crippen LogP contribution in [0.25, 0.3) is 0 Å². The van der Waals surface area contributed by atoms with Crippen LogP contribution < -0.4 is 4.72 Å². The van der Waals surface area contributed by atoms with Crippen molar-refractivity contribution < 1.29 is 18.5 Å². The van der Waals surface area contributed by atoms with Gasteiger partial charge in [-0.25, -0.2) is 9.52 Å². The van der Waals surface area contributed by atoms with Crippen LogP contribution in [-0.4, -0.2) is 73.9 Å². The first-order chi connectivity index (χ1) is 15.3. The molecule has 1 aliphatic heterocycles. The fraction of sp³-hybridized carbons (Fsp3) is 0.880. The molecule has 0 aromatic carbocycles. The SMILES string of the molecule is C=S(=O)(NC(C)(C)C)C1CCC(C2CCC3C(C2)N(C(=O)OCC)C[C@H](C)N3C(C)=O)CC1. The number of hydrogen-bond acceptors (Lipinski definition) is 4. The van der Waals surface area contributed by atoms with Gasteiger partial charge in [-0.3, -0.25) is 9.00 Å². The Hall–Kier alpha value is -1.28. The van der Waals surface area contributed by atoms with Crippen LogP contribution in [0.4, 0.5) is 4.79 Å². The minimum Gasteiger partial charge on any atom is -0.450 e. The minimum absolute atomic E-state index is 0.000618. The van der Waals surface area contributed by atoms with Gasteiger partial charge in [0.1, 0.15) is 0 Å². The largest absolute Gasteiger partial charge is 0.450 e. The van der Waals surface area contributed by atoms with Crippen LogP contribution in [0.5, 0.6) is 0 Å². The molecule has 0 aromatic heterocycles. The van der Waals surface area contributed by atoms with Crippen LogP contribution >= 0.6 is 0 Å². The summed E-state index contributed by atoms with van der Waals surface area (Å²) >= 11 is 0. The zero-order chi connectivity index (χ0) is 24.6. The molecule has 3 fully saturated rings. The molecule has 1 N–H and O–H groups in total. The van der Waals surface area contributed by atoms with Gasteiger partial charge in [-0.2, -0.15) is 0 Å². The Morgan fingerprint density at radius 1 is 1.06 bits per heavy atom. The van der Waals surface area contributed by atoms with E-state index in [1.54, 1.807) is 6.92 Å². The van der Waals surface area contributed by atoms with Crippen molar-refractivity contribution >= 4 is 27.6 Å². The molecule has 0 bridgehead atoms. The average molecular weight is 484 g/mol. The van der Waals surface area contributed by atoms with Crippen molar-refractivity contribution in [3.05, 3.63) is 0 Å². The summed E-state index contributed by atoms with van der Waals surface area (Å²) in [5.41, 5.74) is -0.217. The number of nitrogens with one attached hydrogen (secondary N) is 1. The fourth-order valence-corrected chi connectivity index (χ4v) is 8.82. The van der Waals surface area contributed by atoms with Crippen LogP contribution in [-0.2, 0) is 19.2 Å². The predicted octanol–water partition coefficient (Wildman–Crippen LogP) is 3.81. The maximum atomic E-state index is 13.2. The molecule has 2 amide bonds. The highest BCUT2D eigenvalue weighted by atomic mass is 32.2. The first-order valence-corrected chi connectivity index (χ1v) is 14.5. The van der Waals surface area contributed by atoms with Crippen LogP contribution in [0.3, 0.4) is 0 Å². The van der Waals surface area contributed by atoms with Gasteiger partial charge in [0.2, 0.25) is 5.91 Å². The molecular weight excluding hydrogens is 438 g/mol. The summed E-state index contributed by atoms with van der Waals surface area (Å²) in [4.78, 5) is 29.1. The Labute approximate surface area is 201 Å². The van der Waals surface area contributed by atoms with Gasteiger partial charge in [-0.05, 0) is 97.3 Å². The van der Waals surface area contributed by atoms with E-state index >= 15 is 0 Å². The third-order valence-corrected chi connectivity index (χ3v) is 10.3. The molecule has 0 spiro atoms. The molecule has 4 unspecified atom stereocenters. The Kier molecular flexibility index (Phi) is 8.09. The van der Waals surface area contributed by atoms with Gasteiger partial charge in [0, 0.05) is 40.0 Å². The van der Waals surface area contributed by atoms with Crippen molar-refractivity contribution in [3.63, 3.8) is 0 Å². The van der Waals surface area contributed by atoms with E-state index in [0.29, 0.717) is 25.0 Å². The first kappa shape index (κ1) is 26.3. The second-order valence-electron chi connectivity index (χ2n) is 11.4. The molecule has 0 aromatic rings. The van der Waals surface area contributed by atoms with E-state index in [1.165, 1.54) is 0 Å². The Bertz CT molecular complexity index is 814. The van der Waals surface area contributed by atoms with Gasteiger partial charge in [-0.15, -0.1) is 0 Å². The standard InChI is InChI=1S/C25H45N3O4S/c1-8-32-24(30)27-16-17(2)28(18(3)29)22-14-11-20(15-23(22)27)19-9-12-21(13-10-19)33(7,31)26-25(4,5)6/h17,19-23H,7-16H2,1-6H3,(H,26,31)/t17-,19?,20?,21?,22?,23?,33?/m0/s1. The molecule has 2 aliphatic carbocycles. The number of ether oxygens (including phenoxy) is 1. The van der Waals surface area contributed by atoms with Gasteiger partial charge in [-0.1, -0.05) is 0 Å². The summed E-state index contributed by atoms with van der Waals surface area (Å²) in [5.74, 6) is 5.25. The van der Waals surface area contributed by atoms with E-state index in [1.807, 2.05) is 44.4 Å². The number of nitrogens with zero attached hydrogens (tertiary/aromatic N) is 2. The lowest BCUT2D eigenvalue weighted by atomic mass is 9.69. The highest BCUT2D eigenvalue weighted by molar-refractivity contribution is 7.99. The van der Waals surface area contributed by atoms with E-state index < -0.39 is 9.71 Å². The lowest BCUT2D eigenvalue weighted by molar-refractivity contribution is -0.142. The van der Waals surface area contributed by atoms with Crippen LogP contribution in [0, 0.1) is 11.8 Å². The minimum atomic E-state index is -2.33. The van der Waals surface area contributed by atoms with Crippen molar-refractivity contribution in [3.8, 4) is 0 Å². The highest BCUT2D eigenvalue weighted by Gasteiger charge is 2.48. The zero-order valence-corrected chi connectivity index (χ0v) is 22.3. The van der Waals surface area contributed by atoms with Crippen LogP contribution in [0.15, 0.2) is 0 Å². The maximum absolute atomic E-state index is 13.2. The molecular formula is C25H45N3O4S. The van der Waals surface area contributed by atoms with E-state index in [4.69, 9.17) is 4.74 Å². The van der Waals surface area contributed by atoms with E-state index in [9.17, 15) is 13.8 Å². The number of hydrogen-bond donors (Lipinski definition) is 1. The third-order valence-electron chi connectivity index (χ3n) is 7.78. The second-order valence-corrected chi connectivity index (χ2v) is 13.8. The van der Waals surface area contributed by atoms with Crippen molar-refractivity contribution in [2.75, 3.05) is 13.2 Å². The zero-order valence-electron chi connectivity index (χ0n) is 21.5. The molecule has 3 aliphatic rings. The number of amides is 2. The summed E-state index contributed by atoms with van der Waals surface area (Å²) in [6.07, 6.45) is 6.62. The van der Waals surface area contributed by atoms with Gasteiger partial charge in [0.05, 0.1) is 18.7 Å². The lowest BCUT2D eigenvalue weighted by Crippen LogP contribution is -2.67. The molecule has 190 valence electrons. The predicted molar refractivity (Wildman–Crippen MR) is 135 cm³/mol. The van der Waals surface area contributed by atoms with Gasteiger partial charge in [0.25, 0.3) is 0 Å². The monoisotopic (exact) mass is 483 g/mol. The van der Waals surface area contributed by atoms with Gasteiger partial charge < -0.3 is 14.5 Å². The number of piperazine rings is 1. The molecule has 5 atom stereocenters. The van der Waals surface area contributed by atoms with E-state index in [2.05, 4.69) is 10.6 Å². The summed E-state index contributed by atoms with van der Waals surface area (Å²) < 4.78 is 21.9. The molecule has 3 rings (SSSR count). The second kappa shape index (κ2) is 10.1. The van der Waals surface area contributed by atoms with Crippen molar-refractivity contribution in [2.45, 2.75) is 115 Å². The molecule has 7 nitrogen and oxygen atoms in total. The summed E-state index contributed by atoms with van der Waals surface area (Å²) in [7, 11) is -2.33. The molecule has 8 heteroatoms. The van der Waals surface area contributed by atoms with Gasteiger partial charge in [0.15, 0.2) is 0 Å². The topological polar surface area (TPSA) is 79.0 Å². The Morgan fingerprint density at radius 3 is 2.21 bits per heavy atom. The number of carbonyl (C=O) groups is 2. The first-order valence-electron chi connectivity index (χ1n) is 12.7. The lowest BCUT2D eigenvalue weighted by Gasteiger charge is -2.54. The highest BCUT2D eigenvalue weighted by Crippen LogP contribution is 2.43. The van der Waals surface area contributed by atoms with Crippen molar-refractivity contribution in [2.24, 2.45) is 11.8 Å². The van der Waals surface area contributed by atoms with Crippen molar-refractivity contribution in [1.82, 2.24) is 14.5 Å². The van der Waals surface area contributed by atoms with Crippen LogP contribution in [0.2, 0.25) is 0 Å². The smallest absolute Gasteiger partial charge is 0.410 e. The normalized spacial score (nSPS) is 34.8. The maximum Gasteiger partial charge on any atom is 0.410 e. The Balaban J connectivity index is 1.69. The van der Waals surface area contributed by atoms with E-state index in [-0.39, 0.29) is 40.9 Å². The Morgan fingerprint density at radius 2 is 1.67 bits per heavy atom. The summed E-state index contributed by atoms with van der Waals surface area (Å²) in [5, 5.41) is 0.115. The average Bonchev–Trinajstić information content (AvgIpc) is 2.71. The summed E-state index contributed by atoms with van der Waals surface area (Å²) in [6.45, 7) is 12.5. The molecule has 1 saturated heterocycles. The van der Waals surface area contributed by atoms with Crippen LogP contribution in [0.1, 0.15) is 86.5 Å². The van der Waals surface area contributed by atoms with Gasteiger partial charge >= 0.3 is 6.09 Å². The van der Waals surface area contributed by atoms with E-state index in [0.717, 1.165) is 44.9 Å². The number of fused-ring (bicyclic) bond motifs is 1. The summed E-state index contributed by atoms with van der Waals surface area (Å²) in [6, 6.07) is 0.0822. The molecule has 33 heavy (non-hydrogen) atoms. The third kappa shape index (κ3) is 6.05. The molecule has 0 radical (unpaired) electrons. The van der Waals surface area contributed by atoms with Crippen molar-refractivity contribution in [1.29, 1.82) is 0 Å². The number of carbonyl (C=O) groups excluding carboxylic acids is 2. The molecule has 1 heterocycles. The fourth-order valence-electron chi connectivity index (χ4n) is 6.59. The quantitative estimate of drug-likeness (QED) is 0.617. The number of rotatable bonds is 4. The molecule has 2 saturated carbocycles.